The molecular weight excluding hydrogens is 348 g/mol. The minimum absolute atomic E-state index is 0.0800. The Morgan fingerprint density at radius 1 is 1.44 bits per heavy atom. The highest BCUT2D eigenvalue weighted by Gasteiger charge is 2.18. The van der Waals surface area contributed by atoms with Crippen molar-refractivity contribution < 1.29 is 14.5 Å². The zero-order valence-electron chi connectivity index (χ0n) is 12.9. The Balaban J connectivity index is 1.78. The van der Waals surface area contributed by atoms with Crippen LogP contribution in [0.3, 0.4) is 0 Å². The Labute approximate surface area is 144 Å². The third-order valence-electron chi connectivity index (χ3n) is 3.45. The zero-order chi connectivity index (χ0) is 18.0. The summed E-state index contributed by atoms with van der Waals surface area (Å²) in [5.41, 5.74) is -0.387. The first-order valence-corrected chi connectivity index (χ1v) is 7.88. The zero-order valence-corrected chi connectivity index (χ0v) is 13.8. The fourth-order valence-corrected chi connectivity index (χ4v) is 3.18. The fraction of sp³-hybridized carbons (Fsp3) is 0.133. The van der Waals surface area contributed by atoms with E-state index in [1.54, 1.807) is 6.07 Å². The van der Waals surface area contributed by atoms with Crippen molar-refractivity contribution in [3.63, 3.8) is 0 Å². The number of fused-ring (bicyclic) bond motifs is 1. The largest absolute Gasteiger partial charge is 0.490 e. The van der Waals surface area contributed by atoms with E-state index in [4.69, 9.17) is 4.74 Å². The molecule has 0 atom stereocenters. The summed E-state index contributed by atoms with van der Waals surface area (Å²) in [6.45, 7) is 0.180. The van der Waals surface area contributed by atoms with Gasteiger partial charge in [0.1, 0.15) is 4.83 Å². The van der Waals surface area contributed by atoms with E-state index in [9.17, 15) is 19.7 Å². The molecule has 0 spiro atoms. The molecule has 0 saturated carbocycles. The summed E-state index contributed by atoms with van der Waals surface area (Å²) in [4.78, 5) is 42.2. The van der Waals surface area contributed by atoms with Gasteiger partial charge in [-0.15, -0.1) is 11.3 Å². The Hall–Kier alpha value is -3.27. The van der Waals surface area contributed by atoms with Crippen LogP contribution in [0.15, 0.2) is 35.4 Å². The van der Waals surface area contributed by atoms with E-state index in [0.29, 0.717) is 10.2 Å². The highest BCUT2D eigenvalue weighted by Crippen LogP contribution is 2.27. The number of hydrogen-bond donors (Lipinski definition) is 2. The van der Waals surface area contributed by atoms with Gasteiger partial charge in [-0.2, -0.15) is 0 Å². The molecule has 1 aromatic carbocycles. The van der Waals surface area contributed by atoms with Crippen LogP contribution in [0.5, 0.6) is 5.75 Å². The number of thiophene rings is 1. The molecule has 3 aromatic rings. The number of amides is 1. The van der Waals surface area contributed by atoms with Gasteiger partial charge in [0.25, 0.3) is 11.5 Å². The quantitative estimate of drug-likeness (QED) is 0.528. The van der Waals surface area contributed by atoms with Crippen LogP contribution in [0, 0.1) is 10.1 Å². The molecule has 25 heavy (non-hydrogen) atoms. The first-order chi connectivity index (χ1) is 12.0. The van der Waals surface area contributed by atoms with Crippen LogP contribution in [0.25, 0.3) is 10.2 Å². The Morgan fingerprint density at radius 3 is 2.92 bits per heavy atom. The molecule has 2 aromatic heterocycles. The van der Waals surface area contributed by atoms with Gasteiger partial charge < -0.3 is 15.0 Å². The van der Waals surface area contributed by atoms with E-state index in [1.807, 2.05) is 0 Å². The van der Waals surface area contributed by atoms with Gasteiger partial charge in [0.05, 0.1) is 30.3 Å². The van der Waals surface area contributed by atoms with Crippen LogP contribution >= 0.6 is 11.3 Å². The molecular formula is C15H12N4O5S. The molecule has 0 radical (unpaired) electrons. The fourth-order valence-electron chi connectivity index (χ4n) is 2.25. The van der Waals surface area contributed by atoms with E-state index in [-0.39, 0.29) is 29.1 Å². The van der Waals surface area contributed by atoms with Crippen molar-refractivity contribution >= 4 is 33.1 Å². The summed E-state index contributed by atoms with van der Waals surface area (Å²) in [6, 6.07) is 5.63. The average Bonchev–Trinajstić information content (AvgIpc) is 3.03. The standard InChI is InChI=1S/C15H12N4O5S/c1-24-12-3-2-8(4-11(12)19(22)23)13(20)16-6-9-5-10-14(21)17-7-18-15(10)25-9/h2-5,7H,6H2,1H3,(H,16,20)(H,17,18,21). The molecule has 0 unspecified atom stereocenters. The van der Waals surface area contributed by atoms with E-state index in [2.05, 4.69) is 15.3 Å². The minimum Gasteiger partial charge on any atom is -0.490 e. The maximum Gasteiger partial charge on any atom is 0.311 e. The lowest BCUT2D eigenvalue weighted by molar-refractivity contribution is -0.385. The number of benzene rings is 1. The van der Waals surface area contributed by atoms with Gasteiger partial charge in [0.15, 0.2) is 5.75 Å². The summed E-state index contributed by atoms with van der Waals surface area (Å²) in [7, 11) is 1.32. The number of nitro groups is 1. The molecule has 3 rings (SSSR count). The average molecular weight is 360 g/mol. The maximum absolute atomic E-state index is 12.2. The van der Waals surface area contributed by atoms with Gasteiger partial charge in [-0.1, -0.05) is 0 Å². The Morgan fingerprint density at radius 2 is 2.24 bits per heavy atom. The molecule has 1 amide bonds. The number of aromatic nitrogens is 2. The highest BCUT2D eigenvalue weighted by atomic mass is 32.1. The van der Waals surface area contributed by atoms with Gasteiger partial charge in [-0.3, -0.25) is 19.7 Å². The van der Waals surface area contributed by atoms with Crippen LogP contribution in [0.2, 0.25) is 0 Å². The first kappa shape index (κ1) is 16.6. The molecule has 0 saturated heterocycles. The number of hydrogen-bond acceptors (Lipinski definition) is 7. The molecule has 0 fully saturated rings. The number of H-pyrrole nitrogens is 1. The Bertz CT molecular complexity index is 1030. The number of nitrogens with zero attached hydrogens (tertiary/aromatic N) is 2. The summed E-state index contributed by atoms with van der Waals surface area (Å²) >= 11 is 1.29. The molecule has 10 heteroatoms. The normalized spacial score (nSPS) is 10.6. The van der Waals surface area contributed by atoms with E-state index in [0.717, 1.165) is 10.9 Å². The first-order valence-electron chi connectivity index (χ1n) is 7.06. The lowest BCUT2D eigenvalue weighted by Gasteiger charge is -2.06. The predicted octanol–water partition coefficient (Wildman–Crippen LogP) is 1.83. The summed E-state index contributed by atoms with van der Waals surface area (Å²) in [6.07, 6.45) is 1.32. The molecule has 9 nitrogen and oxygen atoms in total. The molecule has 128 valence electrons. The van der Waals surface area contributed by atoms with Crippen molar-refractivity contribution in [2.75, 3.05) is 7.11 Å². The molecule has 0 aliphatic heterocycles. The second-order valence-corrected chi connectivity index (χ2v) is 6.10. The maximum atomic E-state index is 12.2. The van der Waals surface area contributed by atoms with E-state index >= 15 is 0 Å². The highest BCUT2D eigenvalue weighted by molar-refractivity contribution is 7.18. The number of methoxy groups -OCH3 is 1. The van der Waals surface area contributed by atoms with E-state index < -0.39 is 10.8 Å². The SMILES string of the molecule is COc1ccc(C(=O)NCc2cc3c(=O)[nH]cnc3s2)cc1[N+](=O)[O-]. The smallest absolute Gasteiger partial charge is 0.311 e. The van der Waals surface area contributed by atoms with Crippen LogP contribution in [0.4, 0.5) is 5.69 Å². The summed E-state index contributed by atoms with van der Waals surface area (Å²) < 4.78 is 4.90. The van der Waals surface area contributed by atoms with Crippen LogP contribution < -0.4 is 15.6 Å². The third-order valence-corrected chi connectivity index (χ3v) is 4.49. The van der Waals surface area contributed by atoms with Gasteiger partial charge in [-0.25, -0.2) is 4.98 Å². The van der Waals surface area contributed by atoms with Crippen molar-refractivity contribution in [3.05, 3.63) is 61.5 Å². The van der Waals surface area contributed by atoms with Crippen LogP contribution in [-0.4, -0.2) is 27.9 Å². The van der Waals surface area contributed by atoms with Crippen molar-refractivity contribution in [2.45, 2.75) is 6.54 Å². The van der Waals surface area contributed by atoms with Gasteiger partial charge in [0.2, 0.25) is 0 Å². The lowest BCUT2D eigenvalue weighted by Crippen LogP contribution is -2.22. The molecule has 0 aliphatic carbocycles. The minimum atomic E-state index is -0.612. The van der Waals surface area contributed by atoms with Crippen molar-refractivity contribution in [2.24, 2.45) is 0 Å². The third kappa shape index (κ3) is 3.33. The topological polar surface area (TPSA) is 127 Å². The number of carbonyl (C=O) groups excluding carboxylic acids is 1. The number of nitro benzene ring substituents is 1. The van der Waals surface area contributed by atoms with E-state index in [1.165, 1.54) is 36.9 Å². The number of aromatic amines is 1. The second-order valence-electron chi connectivity index (χ2n) is 4.99. The number of rotatable bonds is 5. The van der Waals surface area contributed by atoms with Crippen molar-refractivity contribution in [1.82, 2.24) is 15.3 Å². The second kappa shape index (κ2) is 6.69. The summed E-state index contributed by atoms with van der Waals surface area (Å²) in [5.74, 6) is -0.388. The van der Waals surface area contributed by atoms with Crippen molar-refractivity contribution in [1.29, 1.82) is 0 Å². The van der Waals surface area contributed by atoms with Gasteiger partial charge in [0, 0.05) is 16.5 Å². The predicted molar refractivity (Wildman–Crippen MR) is 91.1 cm³/mol. The van der Waals surface area contributed by atoms with Crippen LogP contribution in [0.1, 0.15) is 15.2 Å². The number of ether oxygens (including phenoxy) is 1. The molecule has 2 N–H and O–H groups in total. The monoisotopic (exact) mass is 360 g/mol. The van der Waals surface area contributed by atoms with Crippen molar-refractivity contribution in [3.8, 4) is 5.75 Å². The van der Waals surface area contributed by atoms with Crippen LogP contribution in [-0.2, 0) is 6.54 Å². The molecule has 2 heterocycles. The van der Waals surface area contributed by atoms with Gasteiger partial charge in [-0.05, 0) is 18.2 Å². The molecule has 0 bridgehead atoms. The molecule has 0 aliphatic rings. The number of carbonyl (C=O) groups is 1. The van der Waals surface area contributed by atoms with Gasteiger partial charge >= 0.3 is 5.69 Å². The summed E-state index contributed by atoms with van der Waals surface area (Å²) in [5, 5.41) is 14.1. The Kier molecular flexibility index (Phi) is 4.44. The number of nitrogens with one attached hydrogen (secondary N) is 2. The lowest BCUT2D eigenvalue weighted by atomic mass is 10.1.